The predicted molar refractivity (Wildman–Crippen MR) is 112 cm³/mol. The molecule has 0 aliphatic heterocycles. The van der Waals surface area contributed by atoms with Crippen molar-refractivity contribution in [3.8, 4) is 5.69 Å². The Morgan fingerprint density at radius 2 is 1.71 bits per heavy atom. The van der Waals surface area contributed by atoms with Crippen LogP contribution in [0.2, 0.25) is 5.02 Å². The van der Waals surface area contributed by atoms with Crippen molar-refractivity contribution in [2.45, 2.75) is 31.6 Å². The van der Waals surface area contributed by atoms with E-state index in [0.29, 0.717) is 16.4 Å². The molecule has 0 saturated heterocycles. The summed E-state index contributed by atoms with van der Waals surface area (Å²) in [5, 5.41) is 0.440. The van der Waals surface area contributed by atoms with Crippen LogP contribution in [-0.2, 0) is 17.1 Å². The fourth-order valence-electron chi connectivity index (χ4n) is 3.22. The van der Waals surface area contributed by atoms with Gasteiger partial charge >= 0.3 is 0 Å². The van der Waals surface area contributed by atoms with Crippen molar-refractivity contribution >= 4 is 27.3 Å². The van der Waals surface area contributed by atoms with Crippen LogP contribution in [-0.4, -0.2) is 17.8 Å². The zero-order chi connectivity index (χ0) is 20.6. The molecule has 3 rings (SSSR count). The number of halogens is 1. The first-order chi connectivity index (χ1) is 13.1. The van der Waals surface area contributed by atoms with E-state index in [1.807, 2.05) is 27.8 Å². The molecule has 148 valence electrons. The summed E-state index contributed by atoms with van der Waals surface area (Å²) in [5.41, 5.74) is 2.53. The van der Waals surface area contributed by atoms with Gasteiger partial charge in [-0.25, -0.2) is 13.1 Å². The van der Waals surface area contributed by atoms with Crippen LogP contribution in [0.4, 0.5) is 5.69 Å². The van der Waals surface area contributed by atoms with Gasteiger partial charge in [0.1, 0.15) is 0 Å². The van der Waals surface area contributed by atoms with E-state index < -0.39 is 10.0 Å². The maximum Gasteiger partial charge on any atom is 0.275 e. The molecule has 0 radical (unpaired) electrons. The highest BCUT2D eigenvalue weighted by Gasteiger charge is 2.19. The molecule has 0 atom stereocenters. The average Bonchev–Trinajstić information content (AvgIpc) is 2.84. The van der Waals surface area contributed by atoms with E-state index in [9.17, 15) is 13.2 Å². The van der Waals surface area contributed by atoms with Crippen LogP contribution in [0.1, 0.15) is 31.0 Å². The molecule has 1 N–H and O–H groups in total. The monoisotopic (exact) mass is 419 g/mol. The van der Waals surface area contributed by atoms with Gasteiger partial charge in [0.05, 0.1) is 16.3 Å². The molecule has 3 aromatic rings. The SMILES string of the molecule is Cc1c(C(C)C)c(=O)n(-c2ccc(S(=O)(=O)Nc3cccc(Cl)c3)cc2)n1C. The van der Waals surface area contributed by atoms with Gasteiger partial charge in [-0.2, -0.15) is 0 Å². The number of nitrogens with zero attached hydrogens (tertiary/aromatic N) is 2. The van der Waals surface area contributed by atoms with Gasteiger partial charge in [0, 0.05) is 23.3 Å². The van der Waals surface area contributed by atoms with Crippen LogP contribution in [0.3, 0.4) is 0 Å². The van der Waals surface area contributed by atoms with Crippen LogP contribution < -0.4 is 10.3 Å². The number of aromatic nitrogens is 2. The molecule has 0 aliphatic carbocycles. The van der Waals surface area contributed by atoms with E-state index in [2.05, 4.69) is 4.72 Å². The fraction of sp³-hybridized carbons (Fsp3) is 0.250. The molecule has 1 heterocycles. The van der Waals surface area contributed by atoms with E-state index in [-0.39, 0.29) is 16.4 Å². The Hall–Kier alpha value is -2.51. The third-order valence-electron chi connectivity index (χ3n) is 4.64. The Labute approximate surface area is 169 Å². The lowest BCUT2D eigenvalue weighted by atomic mass is 10.0. The minimum atomic E-state index is -3.77. The van der Waals surface area contributed by atoms with Crippen molar-refractivity contribution < 1.29 is 8.42 Å². The molecule has 0 saturated carbocycles. The molecule has 0 fully saturated rings. The van der Waals surface area contributed by atoms with Gasteiger partial charge in [0.15, 0.2) is 0 Å². The second-order valence-corrected chi connectivity index (χ2v) is 9.02. The molecule has 8 heteroatoms. The van der Waals surface area contributed by atoms with Crippen molar-refractivity contribution in [1.82, 2.24) is 9.36 Å². The van der Waals surface area contributed by atoms with Crippen molar-refractivity contribution in [2.75, 3.05) is 4.72 Å². The molecule has 0 aliphatic rings. The summed E-state index contributed by atoms with van der Waals surface area (Å²) in [6.07, 6.45) is 0. The van der Waals surface area contributed by atoms with E-state index >= 15 is 0 Å². The van der Waals surface area contributed by atoms with E-state index in [1.165, 1.54) is 18.2 Å². The number of anilines is 1. The van der Waals surface area contributed by atoms with E-state index in [0.717, 1.165) is 11.3 Å². The van der Waals surface area contributed by atoms with Gasteiger partial charge in [-0.05, 0) is 55.3 Å². The number of sulfonamides is 1. The largest absolute Gasteiger partial charge is 0.285 e. The molecule has 0 bridgehead atoms. The maximum atomic E-state index is 12.8. The van der Waals surface area contributed by atoms with Crippen LogP contribution in [0.15, 0.2) is 58.2 Å². The summed E-state index contributed by atoms with van der Waals surface area (Å²) >= 11 is 5.91. The highest BCUT2D eigenvalue weighted by Crippen LogP contribution is 2.21. The number of nitrogens with one attached hydrogen (secondary N) is 1. The smallest absolute Gasteiger partial charge is 0.275 e. The maximum absolute atomic E-state index is 12.8. The molecule has 2 aromatic carbocycles. The molecule has 0 unspecified atom stereocenters. The van der Waals surface area contributed by atoms with Crippen molar-refractivity contribution in [2.24, 2.45) is 7.05 Å². The molecule has 0 spiro atoms. The van der Waals surface area contributed by atoms with E-state index in [1.54, 1.807) is 39.7 Å². The molecule has 28 heavy (non-hydrogen) atoms. The minimum Gasteiger partial charge on any atom is -0.285 e. The Morgan fingerprint density at radius 3 is 2.25 bits per heavy atom. The quantitative estimate of drug-likeness (QED) is 0.677. The van der Waals surface area contributed by atoms with Crippen molar-refractivity contribution in [3.05, 3.63) is 75.2 Å². The second kappa shape index (κ2) is 7.48. The van der Waals surface area contributed by atoms with Gasteiger partial charge < -0.3 is 0 Å². The highest BCUT2D eigenvalue weighted by molar-refractivity contribution is 7.92. The lowest BCUT2D eigenvalue weighted by Crippen LogP contribution is -2.21. The zero-order valence-electron chi connectivity index (χ0n) is 16.1. The van der Waals surface area contributed by atoms with E-state index in [4.69, 9.17) is 11.6 Å². The second-order valence-electron chi connectivity index (χ2n) is 6.90. The number of hydrogen-bond acceptors (Lipinski definition) is 3. The van der Waals surface area contributed by atoms with Gasteiger partial charge in [0.2, 0.25) is 0 Å². The van der Waals surface area contributed by atoms with Crippen molar-refractivity contribution in [3.63, 3.8) is 0 Å². The fourth-order valence-corrected chi connectivity index (χ4v) is 4.46. The summed E-state index contributed by atoms with van der Waals surface area (Å²) in [5.74, 6) is 0.0986. The van der Waals surface area contributed by atoms with Gasteiger partial charge in [-0.15, -0.1) is 0 Å². The van der Waals surface area contributed by atoms with Gasteiger partial charge in [0.25, 0.3) is 15.6 Å². The summed E-state index contributed by atoms with van der Waals surface area (Å²) < 4.78 is 31.1. The first-order valence-corrected chi connectivity index (χ1v) is 10.6. The minimum absolute atomic E-state index is 0.0948. The first kappa shape index (κ1) is 20.2. The third kappa shape index (κ3) is 3.72. The summed E-state index contributed by atoms with van der Waals surface area (Å²) in [6.45, 7) is 5.86. The average molecular weight is 420 g/mol. The van der Waals surface area contributed by atoms with Crippen LogP contribution in [0, 0.1) is 6.92 Å². The molecule has 0 amide bonds. The molecular formula is C20H22ClN3O3S. The Morgan fingerprint density at radius 1 is 1.07 bits per heavy atom. The highest BCUT2D eigenvalue weighted by atomic mass is 35.5. The Kier molecular flexibility index (Phi) is 5.41. The third-order valence-corrected chi connectivity index (χ3v) is 6.28. The Bertz CT molecular complexity index is 1180. The standard InChI is InChI=1S/C20H22ClN3O3S/c1-13(2)19-14(3)23(4)24(20(19)25)17-8-10-18(11-9-17)28(26,27)22-16-7-5-6-15(21)12-16/h5-13,22H,1-4H3. The predicted octanol–water partition coefficient (Wildman–Crippen LogP) is 4.06. The van der Waals surface area contributed by atoms with Crippen LogP contribution >= 0.6 is 11.6 Å². The molecule has 6 nitrogen and oxygen atoms in total. The molecule has 1 aromatic heterocycles. The summed E-state index contributed by atoms with van der Waals surface area (Å²) in [6, 6.07) is 12.7. The number of benzene rings is 2. The van der Waals surface area contributed by atoms with Gasteiger partial charge in [-0.3, -0.25) is 14.2 Å². The summed E-state index contributed by atoms with van der Waals surface area (Å²) in [7, 11) is -1.96. The van der Waals surface area contributed by atoms with Crippen molar-refractivity contribution in [1.29, 1.82) is 0 Å². The lowest BCUT2D eigenvalue weighted by Gasteiger charge is -2.11. The Balaban J connectivity index is 1.96. The normalized spacial score (nSPS) is 11.8. The summed E-state index contributed by atoms with van der Waals surface area (Å²) in [4.78, 5) is 12.9. The first-order valence-electron chi connectivity index (χ1n) is 8.79. The lowest BCUT2D eigenvalue weighted by molar-refractivity contribution is 0.601. The van der Waals surface area contributed by atoms with Crippen LogP contribution in [0.25, 0.3) is 5.69 Å². The number of hydrogen-bond donors (Lipinski definition) is 1. The zero-order valence-corrected chi connectivity index (χ0v) is 17.7. The van der Waals surface area contributed by atoms with Gasteiger partial charge in [-0.1, -0.05) is 31.5 Å². The molecular weight excluding hydrogens is 398 g/mol. The number of rotatable bonds is 5. The topological polar surface area (TPSA) is 73.1 Å². The van der Waals surface area contributed by atoms with Crippen LogP contribution in [0.5, 0.6) is 0 Å².